The minimum absolute atomic E-state index is 0.0621. The number of amides is 1. The summed E-state index contributed by atoms with van der Waals surface area (Å²) in [4.78, 5) is 13.6. The van der Waals surface area contributed by atoms with E-state index < -0.39 is 62.4 Å². The highest BCUT2D eigenvalue weighted by Gasteiger charge is 2.38. The van der Waals surface area contributed by atoms with E-state index in [0.29, 0.717) is 18.2 Å². The Morgan fingerprint density at radius 3 is 2.21 bits per heavy atom. The van der Waals surface area contributed by atoms with Gasteiger partial charge in [-0.15, -0.1) is 0 Å². The maximum atomic E-state index is 13.1. The summed E-state index contributed by atoms with van der Waals surface area (Å²) in [5.74, 6) is -2.78. The average Bonchev–Trinajstić information content (AvgIpc) is 2.52. The molecule has 2 aromatic rings. The van der Waals surface area contributed by atoms with E-state index in [0.717, 1.165) is 12.1 Å². The SMILES string of the molecule is O=C(Cc1cccc(C(F)(F)F)n1)NS(=O)(=O)c1ccc(F)cc1C(F)(F)F. The lowest BCUT2D eigenvalue weighted by atomic mass is 10.2. The van der Waals surface area contributed by atoms with Crippen LogP contribution in [0.2, 0.25) is 0 Å². The Kier molecular flexibility index (Phi) is 5.69. The lowest BCUT2D eigenvalue weighted by Crippen LogP contribution is -2.33. The van der Waals surface area contributed by atoms with Crippen molar-refractivity contribution >= 4 is 15.9 Å². The molecule has 1 amide bonds. The number of carbonyl (C=O) groups is 1. The quantitative estimate of drug-likeness (QED) is 0.756. The Labute approximate surface area is 153 Å². The lowest BCUT2D eigenvalue weighted by molar-refractivity contribution is -0.141. The molecular formula is C15H9F7N2O3S. The van der Waals surface area contributed by atoms with Gasteiger partial charge in [-0.1, -0.05) is 6.07 Å². The number of nitrogens with zero attached hydrogens (tertiary/aromatic N) is 1. The van der Waals surface area contributed by atoms with Gasteiger partial charge in [0.2, 0.25) is 5.91 Å². The Hall–Kier alpha value is -2.70. The van der Waals surface area contributed by atoms with Crippen LogP contribution in [0, 0.1) is 5.82 Å². The van der Waals surface area contributed by atoms with Crippen molar-refractivity contribution in [1.29, 1.82) is 0 Å². The molecule has 0 saturated heterocycles. The Morgan fingerprint density at radius 1 is 1.00 bits per heavy atom. The molecule has 152 valence electrons. The number of hydrogen-bond donors (Lipinski definition) is 1. The Morgan fingerprint density at radius 2 is 1.64 bits per heavy atom. The van der Waals surface area contributed by atoms with Gasteiger partial charge in [0.25, 0.3) is 10.0 Å². The molecule has 0 spiro atoms. The summed E-state index contributed by atoms with van der Waals surface area (Å²) >= 11 is 0. The van der Waals surface area contributed by atoms with Crippen molar-refractivity contribution in [2.45, 2.75) is 23.7 Å². The molecule has 2 rings (SSSR count). The second kappa shape index (κ2) is 7.37. The van der Waals surface area contributed by atoms with E-state index >= 15 is 0 Å². The molecule has 0 aliphatic heterocycles. The molecule has 1 aromatic carbocycles. The maximum absolute atomic E-state index is 13.1. The van der Waals surface area contributed by atoms with Crippen molar-refractivity contribution in [2.75, 3.05) is 0 Å². The van der Waals surface area contributed by atoms with Crippen LogP contribution in [0.15, 0.2) is 41.3 Å². The number of carbonyl (C=O) groups excluding carboxylic acids is 1. The van der Waals surface area contributed by atoms with Crippen LogP contribution in [0.25, 0.3) is 0 Å². The topological polar surface area (TPSA) is 76.1 Å². The van der Waals surface area contributed by atoms with Gasteiger partial charge in [0.1, 0.15) is 11.5 Å². The molecule has 0 fully saturated rings. The number of hydrogen-bond acceptors (Lipinski definition) is 4. The minimum atomic E-state index is -5.24. The number of aromatic nitrogens is 1. The molecule has 0 aliphatic rings. The summed E-state index contributed by atoms with van der Waals surface area (Å²) in [6.45, 7) is 0. The first-order valence-corrected chi connectivity index (χ1v) is 8.64. The van der Waals surface area contributed by atoms with Crippen LogP contribution < -0.4 is 4.72 Å². The van der Waals surface area contributed by atoms with E-state index in [1.54, 1.807) is 0 Å². The molecule has 0 bridgehead atoms. The van der Waals surface area contributed by atoms with E-state index in [1.807, 2.05) is 0 Å². The Balaban J connectivity index is 2.28. The summed E-state index contributed by atoms with van der Waals surface area (Å²) in [7, 11) is -5.08. The molecule has 1 N–H and O–H groups in total. The summed E-state index contributed by atoms with van der Waals surface area (Å²) in [6, 6.07) is 3.24. The molecule has 28 heavy (non-hydrogen) atoms. The number of sulfonamides is 1. The monoisotopic (exact) mass is 430 g/mol. The third-order valence-electron chi connectivity index (χ3n) is 3.22. The second-order valence-electron chi connectivity index (χ2n) is 5.36. The number of alkyl halides is 6. The number of nitrogens with one attached hydrogen (secondary N) is 1. The summed E-state index contributed by atoms with van der Waals surface area (Å²) in [5, 5.41) is 0. The van der Waals surface area contributed by atoms with Crippen LogP contribution >= 0.6 is 0 Å². The van der Waals surface area contributed by atoms with E-state index in [9.17, 15) is 43.9 Å². The Bertz CT molecular complexity index is 1000. The number of rotatable bonds is 4. The first-order valence-electron chi connectivity index (χ1n) is 7.15. The predicted molar refractivity (Wildman–Crippen MR) is 79.7 cm³/mol. The molecule has 1 aromatic heterocycles. The third-order valence-corrected chi connectivity index (χ3v) is 4.66. The molecule has 0 unspecified atom stereocenters. The fraction of sp³-hybridized carbons (Fsp3) is 0.200. The van der Waals surface area contributed by atoms with Crippen LogP contribution in [-0.2, 0) is 33.6 Å². The number of pyridine rings is 1. The van der Waals surface area contributed by atoms with Crippen molar-refractivity contribution in [3.05, 3.63) is 59.2 Å². The highest BCUT2D eigenvalue weighted by atomic mass is 32.2. The lowest BCUT2D eigenvalue weighted by Gasteiger charge is -2.14. The van der Waals surface area contributed by atoms with Gasteiger partial charge in [-0.05, 0) is 30.3 Å². The number of benzene rings is 1. The van der Waals surface area contributed by atoms with Gasteiger partial charge in [0.15, 0.2) is 0 Å². The van der Waals surface area contributed by atoms with E-state index in [4.69, 9.17) is 0 Å². The molecule has 0 radical (unpaired) electrons. The normalized spacial score (nSPS) is 12.7. The van der Waals surface area contributed by atoms with Gasteiger partial charge >= 0.3 is 12.4 Å². The van der Waals surface area contributed by atoms with Crippen molar-refractivity contribution in [1.82, 2.24) is 9.71 Å². The molecule has 13 heteroatoms. The predicted octanol–water partition coefficient (Wildman–Crippen LogP) is 3.31. The van der Waals surface area contributed by atoms with Crippen LogP contribution in [0.3, 0.4) is 0 Å². The van der Waals surface area contributed by atoms with Crippen LogP contribution in [0.5, 0.6) is 0 Å². The maximum Gasteiger partial charge on any atom is 0.433 e. The molecule has 0 aliphatic carbocycles. The summed E-state index contributed by atoms with van der Waals surface area (Å²) < 4.78 is 115. The van der Waals surface area contributed by atoms with Gasteiger partial charge in [-0.25, -0.2) is 22.5 Å². The van der Waals surface area contributed by atoms with Crippen LogP contribution in [0.1, 0.15) is 17.0 Å². The first-order chi connectivity index (χ1) is 12.7. The van der Waals surface area contributed by atoms with Gasteiger partial charge in [0.05, 0.1) is 22.6 Å². The van der Waals surface area contributed by atoms with Crippen molar-refractivity contribution < 1.29 is 43.9 Å². The molecule has 0 saturated carbocycles. The smallest absolute Gasteiger partial charge is 0.274 e. The van der Waals surface area contributed by atoms with Gasteiger partial charge < -0.3 is 0 Å². The summed E-state index contributed by atoms with van der Waals surface area (Å²) in [5.41, 5.74) is -3.64. The third kappa shape index (κ3) is 5.18. The molecule has 0 atom stereocenters. The molecule has 5 nitrogen and oxygen atoms in total. The summed E-state index contributed by atoms with van der Waals surface area (Å²) in [6.07, 6.45) is -11.0. The van der Waals surface area contributed by atoms with Gasteiger partial charge in [0, 0.05) is 0 Å². The zero-order valence-electron chi connectivity index (χ0n) is 13.4. The van der Waals surface area contributed by atoms with Gasteiger partial charge in [-0.2, -0.15) is 26.3 Å². The van der Waals surface area contributed by atoms with Crippen molar-refractivity contribution in [3.8, 4) is 0 Å². The zero-order chi connectivity index (χ0) is 21.3. The van der Waals surface area contributed by atoms with E-state index in [-0.39, 0.29) is 6.07 Å². The minimum Gasteiger partial charge on any atom is -0.274 e. The first kappa shape index (κ1) is 21.6. The van der Waals surface area contributed by atoms with Crippen molar-refractivity contribution in [3.63, 3.8) is 0 Å². The standard InChI is InChI=1S/C15H9F7N2O3S/c16-8-4-5-11(10(6-8)14(17,18)19)28(26,27)24-13(25)7-9-2-1-3-12(23-9)15(20,21)22/h1-6H,7H2,(H,24,25). The average molecular weight is 430 g/mol. The zero-order valence-corrected chi connectivity index (χ0v) is 14.2. The van der Waals surface area contributed by atoms with E-state index in [1.165, 1.54) is 4.72 Å². The van der Waals surface area contributed by atoms with E-state index in [2.05, 4.69) is 4.98 Å². The fourth-order valence-electron chi connectivity index (χ4n) is 2.10. The second-order valence-corrected chi connectivity index (χ2v) is 7.01. The van der Waals surface area contributed by atoms with Crippen LogP contribution in [-0.4, -0.2) is 19.3 Å². The van der Waals surface area contributed by atoms with Crippen molar-refractivity contribution in [2.24, 2.45) is 0 Å². The van der Waals surface area contributed by atoms with Gasteiger partial charge in [-0.3, -0.25) is 4.79 Å². The highest BCUT2D eigenvalue weighted by Crippen LogP contribution is 2.34. The molecule has 1 heterocycles. The molecular weight excluding hydrogens is 421 g/mol. The number of halogens is 7. The highest BCUT2D eigenvalue weighted by molar-refractivity contribution is 7.90. The van der Waals surface area contributed by atoms with Crippen LogP contribution in [0.4, 0.5) is 30.7 Å². The fourth-order valence-corrected chi connectivity index (χ4v) is 3.29. The largest absolute Gasteiger partial charge is 0.433 e.